The Hall–Kier alpha value is -2.83. The second-order valence-electron chi connectivity index (χ2n) is 6.78. The SMILES string of the molecule is COc1ccc(CNc2nccc(C(=O)N3CCC(C)CC3)n2)cc1OC. The van der Waals surface area contributed by atoms with E-state index in [4.69, 9.17) is 9.47 Å². The third-order valence-electron chi connectivity index (χ3n) is 4.84. The molecule has 7 nitrogen and oxygen atoms in total. The first-order valence-electron chi connectivity index (χ1n) is 9.17. The fourth-order valence-electron chi connectivity index (χ4n) is 3.11. The molecular formula is C20H26N4O3. The first-order valence-corrected chi connectivity index (χ1v) is 9.17. The minimum atomic E-state index is -0.0292. The fraction of sp³-hybridized carbons (Fsp3) is 0.450. The molecule has 0 saturated carbocycles. The zero-order valence-corrected chi connectivity index (χ0v) is 16.1. The van der Waals surface area contributed by atoms with Crippen LogP contribution < -0.4 is 14.8 Å². The van der Waals surface area contributed by atoms with Crippen molar-refractivity contribution in [2.75, 3.05) is 32.6 Å². The lowest BCUT2D eigenvalue weighted by atomic mass is 9.99. The molecule has 1 fully saturated rings. The maximum Gasteiger partial charge on any atom is 0.272 e. The molecule has 0 radical (unpaired) electrons. The van der Waals surface area contributed by atoms with Gasteiger partial charge in [0.25, 0.3) is 5.91 Å². The van der Waals surface area contributed by atoms with Crippen molar-refractivity contribution >= 4 is 11.9 Å². The molecule has 1 amide bonds. The number of aromatic nitrogens is 2. The normalized spacial score (nSPS) is 14.7. The Morgan fingerprint density at radius 1 is 1.19 bits per heavy atom. The number of piperidine rings is 1. The topological polar surface area (TPSA) is 76.6 Å². The van der Waals surface area contributed by atoms with Gasteiger partial charge in [-0.3, -0.25) is 4.79 Å². The molecule has 2 heterocycles. The van der Waals surface area contributed by atoms with Crippen LogP contribution in [0.1, 0.15) is 35.8 Å². The molecule has 1 saturated heterocycles. The van der Waals surface area contributed by atoms with Gasteiger partial charge in [0.1, 0.15) is 5.69 Å². The van der Waals surface area contributed by atoms with Crippen molar-refractivity contribution in [1.29, 1.82) is 0 Å². The molecule has 0 atom stereocenters. The standard InChI is InChI=1S/C20H26N4O3/c1-14-7-10-24(11-8-14)19(25)16-6-9-21-20(23-16)22-13-15-4-5-17(26-2)18(12-15)27-3/h4-6,9,12,14H,7-8,10-11,13H2,1-3H3,(H,21,22,23). The average molecular weight is 370 g/mol. The van der Waals surface area contributed by atoms with Crippen LogP contribution in [0, 0.1) is 5.92 Å². The van der Waals surface area contributed by atoms with Gasteiger partial charge in [-0.1, -0.05) is 13.0 Å². The first-order chi connectivity index (χ1) is 13.1. The number of benzene rings is 1. The van der Waals surface area contributed by atoms with Gasteiger partial charge >= 0.3 is 0 Å². The minimum Gasteiger partial charge on any atom is -0.493 e. The zero-order chi connectivity index (χ0) is 19.2. The van der Waals surface area contributed by atoms with Crippen molar-refractivity contribution in [2.45, 2.75) is 26.3 Å². The molecule has 2 aromatic rings. The van der Waals surface area contributed by atoms with Gasteiger partial charge in [-0.2, -0.15) is 0 Å². The van der Waals surface area contributed by atoms with Crippen LogP contribution in [0.3, 0.4) is 0 Å². The smallest absolute Gasteiger partial charge is 0.272 e. The lowest BCUT2D eigenvalue weighted by Crippen LogP contribution is -2.38. The van der Waals surface area contributed by atoms with E-state index in [0.717, 1.165) is 31.5 Å². The number of rotatable bonds is 6. The predicted molar refractivity (Wildman–Crippen MR) is 103 cm³/mol. The number of likely N-dealkylation sites (tertiary alicyclic amines) is 1. The Morgan fingerprint density at radius 2 is 1.93 bits per heavy atom. The highest BCUT2D eigenvalue weighted by molar-refractivity contribution is 5.92. The quantitative estimate of drug-likeness (QED) is 0.842. The van der Waals surface area contributed by atoms with E-state index < -0.39 is 0 Å². The van der Waals surface area contributed by atoms with Gasteiger partial charge in [-0.25, -0.2) is 9.97 Å². The summed E-state index contributed by atoms with van der Waals surface area (Å²) >= 11 is 0. The van der Waals surface area contributed by atoms with Crippen molar-refractivity contribution < 1.29 is 14.3 Å². The Morgan fingerprint density at radius 3 is 2.63 bits per heavy atom. The molecule has 7 heteroatoms. The van der Waals surface area contributed by atoms with E-state index in [0.29, 0.717) is 35.6 Å². The van der Waals surface area contributed by atoms with Crippen LogP contribution in [0.15, 0.2) is 30.5 Å². The molecule has 0 aliphatic carbocycles. The van der Waals surface area contributed by atoms with Gasteiger partial charge in [0, 0.05) is 25.8 Å². The molecule has 3 rings (SSSR count). The second kappa shape index (κ2) is 8.70. The van der Waals surface area contributed by atoms with E-state index in [2.05, 4.69) is 22.2 Å². The number of anilines is 1. The van der Waals surface area contributed by atoms with E-state index in [1.165, 1.54) is 0 Å². The van der Waals surface area contributed by atoms with Gasteiger partial charge in [0.15, 0.2) is 11.5 Å². The van der Waals surface area contributed by atoms with Crippen LogP contribution in [0.2, 0.25) is 0 Å². The number of nitrogens with one attached hydrogen (secondary N) is 1. The maximum atomic E-state index is 12.7. The number of ether oxygens (including phenoxy) is 2. The Labute approximate surface area is 159 Å². The molecule has 0 spiro atoms. The third-order valence-corrected chi connectivity index (χ3v) is 4.84. The first kappa shape index (κ1) is 18.9. The largest absolute Gasteiger partial charge is 0.493 e. The number of amides is 1. The number of carbonyl (C=O) groups excluding carboxylic acids is 1. The second-order valence-corrected chi connectivity index (χ2v) is 6.78. The summed E-state index contributed by atoms with van der Waals surface area (Å²) in [6, 6.07) is 7.37. The number of hydrogen-bond acceptors (Lipinski definition) is 6. The summed E-state index contributed by atoms with van der Waals surface area (Å²) in [4.78, 5) is 23.2. The van der Waals surface area contributed by atoms with Crippen LogP contribution in [0.5, 0.6) is 11.5 Å². The molecule has 144 valence electrons. The molecule has 1 aliphatic heterocycles. The summed E-state index contributed by atoms with van der Waals surface area (Å²) in [6.07, 6.45) is 3.70. The van der Waals surface area contributed by atoms with Gasteiger partial charge in [0.2, 0.25) is 5.95 Å². The van der Waals surface area contributed by atoms with Crippen LogP contribution >= 0.6 is 0 Å². The van der Waals surface area contributed by atoms with Crippen molar-refractivity contribution in [2.24, 2.45) is 5.92 Å². The van der Waals surface area contributed by atoms with E-state index in [-0.39, 0.29) is 5.91 Å². The number of carbonyl (C=O) groups is 1. The van der Waals surface area contributed by atoms with Crippen LogP contribution in [0.4, 0.5) is 5.95 Å². The zero-order valence-electron chi connectivity index (χ0n) is 16.1. The Balaban J connectivity index is 1.65. The molecule has 1 aromatic carbocycles. The highest BCUT2D eigenvalue weighted by atomic mass is 16.5. The number of nitrogens with zero attached hydrogens (tertiary/aromatic N) is 3. The van der Waals surface area contributed by atoms with Crippen LogP contribution in [-0.4, -0.2) is 48.1 Å². The Bertz CT molecular complexity index is 789. The Kier molecular flexibility index (Phi) is 6.11. The molecule has 0 unspecified atom stereocenters. The van der Waals surface area contributed by atoms with E-state index >= 15 is 0 Å². The summed E-state index contributed by atoms with van der Waals surface area (Å²) in [5.74, 6) is 2.43. The molecular weight excluding hydrogens is 344 g/mol. The lowest BCUT2D eigenvalue weighted by Gasteiger charge is -2.30. The summed E-state index contributed by atoms with van der Waals surface area (Å²) in [6.45, 7) is 4.32. The fourth-order valence-corrected chi connectivity index (χ4v) is 3.11. The highest BCUT2D eigenvalue weighted by Crippen LogP contribution is 2.27. The minimum absolute atomic E-state index is 0.0292. The molecule has 1 aliphatic rings. The predicted octanol–water partition coefficient (Wildman–Crippen LogP) is 2.98. The molecule has 27 heavy (non-hydrogen) atoms. The molecule has 1 aromatic heterocycles. The van der Waals surface area contributed by atoms with Gasteiger partial charge in [-0.05, 0) is 42.5 Å². The average Bonchev–Trinajstić information content (AvgIpc) is 2.72. The lowest BCUT2D eigenvalue weighted by molar-refractivity contribution is 0.0691. The summed E-state index contributed by atoms with van der Waals surface area (Å²) in [7, 11) is 3.21. The van der Waals surface area contributed by atoms with E-state index in [1.807, 2.05) is 23.1 Å². The molecule has 1 N–H and O–H groups in total. The number of methoxy groups -OCH3 is 2. The van der Waals surface area contributed by atoms with Crippen molar-refractivity contribution in [3.05, 3.63) is 41.7 Å². The van der Waals surface area contributed by atoms with Gasteiger partial charge < -0.3 is 19.7 Å². The van der Waals surface area contributed by atoms with Gasteiger partial charge in [-0.15, -0.1) is 0 Å². The third kappa shape index (κ3) is 4.67. The summed E-state index contributed by atoms with van der Waals surface area (Å²) < 4.78 is 10.6. The van der Waals surface area contributed by atoms with Crippen molar-refractivity contribution in [1.82, 2.24) is 14.9 Å². The van der Waals surface area contributed by atoms with Crippen molar-refractivity contribution in [3.8, 4) is 11.5 Å². The summed E-state index contributed by atoms with van der Waals surface area (Å²) in [5, 5.41) is 3.17. The highest BCUT2D eigenvalue weighted by Gasteiger charge is 2.22. The van der Waals surface area contributed by atoms with E-state index in [1.54, 1.807) is 26.5 Å². The van der Waals surface area contributed by atoms with Crippen molar-refractivity contribution in [3.63, 3.8) is 0 Å². The maximum absolute atomic E-state index is 12.7. The van der Waals surface area contributed by atoms with Crippen LogP contribution in [-0.2, 0) is 6.54 Å². The van der Waals surface area contributed by atoms with Crippen LogP contribution in [0.25, 0.3) is 0 Å². The monoisotopic (exact) mass is 370 g/mol. The van der Waals surface area contributed by atoms with E-state index in [9.17, 15) is 4.79 Å². The molecule has 0 bridgehead atoms. The van der Waals surface area contributed by atoms with Gasteiger partial charge in [0.05, 0.1) is 14.2 Å². The number of hydrogen-bond donors (Lipinski definition) is 1. The summed E-state index contributed by atoms with van der Waals surface area (Å²) in [5.41, 5.74) is 1.42.